The summed E-state index contributed by atoms with van der Waals surface area (Å²) in [7, 11) is 3.53. The molecular formula is C17H15ClFN3OS. The largest absolute Gasteiger partial charge is 0.497 e. The van der Waals surface area contributed by atoms with E-state index in [2.05, 4.69) is 10.2 Å². The fraction of sp³-hybridized carbons (Fsp3) is 0.176. The Morgan fingerprint density at radius 1 is 1.21 bits per heavy atom. The molecule has 124 valence electrons. The van der Waals surface area contributed by atoms with E-state index < -0.39 is 0 Å². The van der Waals surface area contributed by atoms with Gasteiger partial charge in [-0.05, 0) is 29.8 Å². The first-order valence-corrected chi connectivity index (χ1v) is 8.55. The van der Waals surface area contributed by atoms with Gasteiger partial charge in [0, 0.05) is 23.4 Å². The van der Waals surface area contributed by atoms with Gasteiger partial charge in [0.05, 0.1) is 7.11 Å². The quantitative estimate of drug-likeness (QED) is 0.622. The van der Waals surface area contributed by atoms with E-state index in [0.717, 1.165) is 27.9 Å². The van der Waals surface area contributed by atoms with Crippen LogP contribution in [0, 0.1) is 5.82 Å². The summed E-state index contributed by atoms with van der Waals surface area (Å²) in [6, 6.07) is 12.1. The molecule has 1 aromatic heterocycles. The standard InChI is InChI=1S/C17H15ClFN3OS/c1-22-16(11-4-3-5-14(8-11)23-2)20-21-17(22)24-10-12-6-7-13(19)9-15(12)18/h3-9H,10H2,1-2H3. The normalized spacial score (nSPS) is 10.8. The summed E-state index contributed by atoms with van der Waals surface area (Å²) in [5.74, 6) is 1.76. The number of benzene rings is 2. The summed E-state index contributed by atoms with van der Waals surface area (Å²) in [5, 5.41) is 9.65. The second-order valence-electron chi connectivity index (χ2n) is 5.12. The Kier molecular flexibility index (Phi) is 5.06. The van der Waals surface area contributed by atoms with E-state index in [1.54, 1.807) is 13.2 Å². The third kappa shape index (κ3) is 3.55. The van der Waals surface area contributed by atoms with Crippen molar-refractivity contribution in [2.24, 2.45) is 7.05 Å². The zero-order chi connectivity index (χ0) is 17.1. The van der Waals surface area contributed by atoms with Gasteiger partial charge >= 0.3 is 0 Å². The van der Waals surface area contributed by atoms with E-state index in [1.165, 1.54) is 23.9 Å². The molecule has 0 saturated heterocycles. The van der Waals surface area contributed by atoms with Gasteiger partial charge in [0.2, 0.25) is 0 Å². The minimum atomic E-state index is -0.340. The highest BCUT2D eigenvalue weighted by Gasteiger charge is 2.13. The molecule has 0 amide bonds. The Morgan fingerprint density at radius 3 is 2.79 bits per heavy atom. The summed E-state index contributed by atoms with van der Waals surface area (Å²) in [6.07, 6.45) is 0. The number of hydrogen-bond acceptors (Lipinski definition) is 4. The van der Waals surface area contributed by atoms with Crippen molar-refractivity contribution in [2.45, 2.75) is 10.9 Å². The van der Waals surface area contributed by atoms with E-state index >= 15 is 0 Å². The minimum absolute atomic E-state index is 0.340. The van der Waals surface area contributed by atoms with E-state index in [4.69, 9.17) is 16.3 Å². The lowest BCUT2D eigenvalue weighted by molar-refractivity contribution is 0.415. The molecule has 7 heteroatoms. The van der Waals surface area contributed by atoms with Crippen LogP contribution in [0.5, 0.6) is 5.75 Å². The molecule has 0 fully saturated rings. The Morgan fingerprint density at radius 2 is 2.04 bits per heavy atom. The molecule has 0 unspecified atom stereocenters. The van der Waals surface area contributed by atoms with E-state index in [1.807, 2.05) is 35.9 Å². The SMILES string of the molecule is COc1cccc(-c2nnc(SCc3ccc(F)cc3Cl)n2C)c1. The lowest BCUT2D eigenvalue weighted by atomic mass is 10.2. The van der Waals surface area contributed by atoms with Crippen LogP contribution in [0.4, 0.5) is 4.39 Å². The first-order valence-electron chi connectivity index (χ1n) is 7.19. The Hall–Kier alpha value is -2.05. The predicted octanol–water partition coefficient (Wildman–Crippen LogP) is 4.58. The van der Waals surface area contributed by atoms with Crippen LogP contribution in [-0.4, -0.2) is 21.9 Å². The first-order chi connectivity index (χ1) is 11.6. The van der Waals surface area contributed by atoms with Gasteiger partial charge in [-0.15, -0.1) is 10.2 Å². The molecule has 3 aromatic rings. The van der Waals surface area contributed by atoms with Gasteiger partial charge in [-0.25, -0.2) is 4.39 Å². The van der Waals surface area contributed by atoms with Crippen molar-refractivity contribution in [1.29, 1.82) is 0 Å². The van der Waals surface area contributed by atoms with Crippen molar-refractivity contribution in [1.82, 2.24) is 14.8 Å². The van der Waals surface area contributed by atoms with Gasteiger partial charge < -0.3 is 9.30 Å². The average molecular weight is 364 g/mol. The van der Waals surface area contributed by atoms with Crippen LogP contribution in [0.25, 0.3) is 11.4 Å². The topological polar surface area (TPSA) is 39.9 Å². The number of nitrogens with zero attached hydrogens (tertiary/aromatic N) is 3. The third-order valence-corrected chi connectivity index (χ3v) is 4.96. The molecule has 0 aliphatic rings. The maximum Gasteiger partial charge on any atom is 0.191 e. The van der Waals surface area contributed by atoms with Gasteiger partial charge in [-0.3, -0.25) is 0 Å². The molecule has 0 atom stereocenters. The zero-order valence-electron chi connectivity index (χ0n) is 13.2. The van der Waals surface area contributed by atoms with Gasteiger partial charge in [-0.1, -0.05) is 41.6 Å². The maximum atomic E-state index is 13.1. The van der Waals surface area contributed by atoms with Crippen LogP contribution < -0.4 is 4.74 Å². The molecule has 2 aromatic carbocycles. The number of halogens is 2. The van der Waals surface area contributed by atoms with E-state index in [0.29, 0.717) is 10.8 Å². The van der Waals surface area contributed by atoms with Crippen LogP contribution in [0.2, 0.25) is 5.02 Å². The molecule has 0 aliphatic carbocycles. The molecule has 0 N–H and O–H groups in total. The number of aromatic nitrogens is 3. The Labute approximate surface area is 148 Å². The predicted molar refractivity (Wildman–Crippen MR) is 94.0 cm³/mol. The highest BCUT2D eigenvalue weighted by molar-refractivity contribution is 7.98. The maximum absolute atomic E-state index is 13.1. The molecule has 0 aliphatic heterocycles. The van der Waals surface area contributed by atoms with Gasteiger partial charge in [0.1, 0.15) is 11.6 Å². The summed E-state index contributed by atoms with van der Waals surface area (Å²) < 4.78 is 20.3. The molecule has 0 bridgehead atoms. The van der Waals surface area contributed by atoms with Crippen LogP contribution in [0.15, 0.2) is 47.6 Å². The van der Waals surface area contributed by atoms with Crippen LogP contribution in [0.1, 0.15) is 5.56 Å². The third-order valence-electron chi connectivity index (χ3n) is 3.53. The number of thioether (sulfide) groups is 1. The summed E-state index contributed by atoms with van der Waals surface area (Å²) in [4.78, 5) is 0. The molecule has 3 rings (SSSR count). The van der Waals surface area contributed by atoms with Crippen molar-refractivity contribution in [3.05, 3.63) is 58.9 Å². The summed E-state index contributed by atoms with van der Waals surface area (Å²) in [6.45, 7) is 0. The van der Waals surface area contributed by atoms with Crippen LogP contribution in [-0.2, 0) is 12.8 Å². The highest BCUT2D eigenvalue weighted by atomic mass is 35.5. The lowest BCUT2D eigenvalue weighted by Gasteiger charge is -2.06. The fourth-order valence-corrected chi connectivity index (χ4v) is 3.46. The fourth-order valence-electron chi connectivity index (χ4n) is 2.24. The average Bonchev–Trinajstić information content (AvgIpc) is 2.95. The van der Waals surface area contributed by atoms with E-state index in [9.17, 15) is 4.39 Å². The zero-order valence-corrected chi connectivity index (χ0v) is 14.7. The van der Waals surface area contributed by atoms with Crippen molar-refractivity contribution in [2.75, 3.05) is 7.11 Å². The Bertz CT molecular complexity index is 869. The van der Waals surface area contributed by atoms with Crippen molar-refractivity contribution < 1.29 is 9.13 Å². The van der Waals surface area contributed by atoms with Crippen molar-refractivity contribution >= 4 is 23.4 Å². The van der Waals surface area contributed by atoms with Crippen molar-refractivity contribution in [3.63, 3.8) is 0 Å². The summed E-state index contributed by atoms with van der Waals surface area (Å²) >= 11 is 7.56. The minimum Gasteiger partial charge on any atom is -0.497 e. The monoisotopic (exact) mass is 363 g/mol. The smallest absolute Gasteiger partial charge is 0.191 e. The number of hydrogen-bond donors (Lipinski definition) is 0. The molecule has 0 spiro atoms. The number of ether oxygens (including phenoxy) is 1. The molecule has 4 nitrogen and oxygen atoms in total. The second kappa shape index (κ2) is 7.23. The molecule has 1 heterocycles. The van der Waals surface area contributed by atoms with Gasteiger partial charge in [0.25, 0.3) is 0 Å². The summed E-state index contributed by atoms with van der Waals surface area (Å²) in [5.41, 5.74) is 1.78. The van der Waals surface area contributed by atoms with Gasteiger partial charge in [0.15, 0.2) is 11.0 Å². The second-order valence-corrected chi connectivity index (χ2v) is 6.47. The number of rotatable bonds is 5. The first kappa shape index (κ1) is 16.8. The lowest BCUT2D eigenvalue weighted by Crippen LogP contribution is -1.95. The van der Waals surface area contributed by atoms with Gasteiger partial charge in [-0.2, -0.15) is 0 Å². The molecule has 0 radical (unpaired) electrons. The Balaban J connectivity index is 1.79. The number of methoxy groups -OCH3 is 1. The van der Waals surface area contributed by atoms with Crippen LogP contribution >= 0.6 is 23.4 Å². The molecule has 24 heavy (non-hydrogen) atoms. The highest BCUT2D eigenvalue weighted by Crippen LogP contribution is 2.29. The molecule has 0 saturated carbocycles. The van der Waals surface area contributed by atoms with E-state index in [-0.39, 0.29) is 5.82 Å². The van der Waals surface area contributed by atoms with Crippen LogP contribution in [0.3, 0.4) is 0 Å². The van der Waals surface area contributed by atoms with Crippen molar-refractivity contribution in [3.8, 4) is 17.1 Å². The molecular weight excluding hydrogens is 349 g/mol.